The number of nitrogens with one attached hydrogen (secondary N) is 3. The summed E-state index contributed by atoms with van der Waals surface area (Å²) in [6.07, 6.45) is 0.886. The molecule has 0 saturated carbocycles. The third kappa shape index (κ3) is 7.12. The maximum atomic E-state index is 12.2. The normalized spacial score (nSPS) is 10.1. The molecule has 8 nitrogen and oxygen atoms in total. The molecule has 0 aromatic heterocycles. The summed E-state index contributed by atoms with van der Waals surface area (Å²) in [5.74, 6) is 0.682. The second-order valence-corrected chi connectivity index (χ2v) is 6.56. The lowest BCUT2D eigenvalue weighted by Gasteiger charge is -2.10. The number of carbonyl (C=O) groups is 3. The van der Waals surface area contributed by atoms with Crippen molar-refractivity contribution < 1.29 is 23.9 Å². The van der Waals surface area contributed by atoms with Crippen molar-refractivity contribution in [3.05, 3.63) is 53.6 Å². The van der Waals surface area contributed by atoms with E-state index in [1.54, 1.807) is 38.5 Å². The number of amides is 3. The molecular weight excluding hydrogens is 386 g/mol. The number of hydrogen-bond donors (Lipinski definition) is 3. The number of carbonyl (C=O) groups excluding carboxylic acids is 3. The number of methoxy groups -OCH3 is 2. The number of hydrogen-bond acceptors (Lipinski definition) is 5. The molecule has 0 heterocycles. The third-order valence-corrected chi connectivity index (χ3v) is 4.27. The van der Waals surface area contributed by atoms with E-state index >= 15 is 0 Å². The van der Waals surface area contributed by atoms with E-state index in [-0.39, 0.29) is 17.7 Å². The summed E-state index contributed by atoms with van der Waals surface area (Å²) in [4.78, 5) is 35.3. The van der Waals surface area contributed by atoms with Crippen molar-refractivity contribution in [3.63, 3.8) is 0 Å². The summed E-state index contributed by atoms with van der Waals surface area (Å²) < 4.78 is 10.5. The monoisotopic (exact) mass is 413 g/mol. The van der Waals surface area contributed by atoms with Gasteiger partial charge in [0.1, 0.15) is 0 Å². The molecule has 2 rings (SSSR count). The molecule has 160 valence electrons. The molecule has 0 saturated heterocycles. The summed E-state index contributed by atoms with van der Waals surface area (Å²) in [5, 5.41) is 8.15. The lowest BCUT2D eigenvalue weighted by Crippen LogP contribution is -2.34. The fourth-order valence-electron chi connectivity index (χ4n) is 2.80. The Morgan fingerprint density at radius 3 is 2.33 bits per heavy atom. The Hall–Kier alpha value is -3.55. The van der Waals surface area contributed by atoms with E-state index in [0.717, 1.165) is 5.56 Å². The van der Waals surface area contributed by atoms with E-state index in [1.165, 1.54) is 6.92 Å². The fraction of sp³-hybridized carbons (Fsp3) is 0.318. The van der Waals surface area contributed by atoms with Crippen LogP contribution >= 0.6 is 0 Å². The highest BCUT2D eigenvalue weighted by atomic mass is 16.5. The molecule has 8 heteroatoms. The van der Waals surface area contributed by atoms with Gasteiger partial charge in [-0.2, -0.15) is 0 Å². The summed E-state index contributed by atoms with van der Waals surface area (Å²) in [7, 11) is 3.14. The smallest absolute Gasteiger partial charge is 0.251 e. The predicted molar refractivity (Wildman–Crippen MR) is 114 cm³/mol. The first-order valence-corrected chi connectivity index (χ1v) is 9.56. The molecule has 2 aromatic carbocycles. The maximum absolute atomic E-state index is 12.2. The van der Waals surface area contributed by atoms with Gasteiger partial charge in [0.2, 0.25) is 11.8 Å². The highest BCUT2D eigenvalue weighted by Crippen LogP contribution is 2.27. The molecule has 0 bridgehead atoms. The van der Waals surface area contributed by atoms with E-state index in [0.29, 0.717) is 48.7 Å². The molecular formula is C22H27N3O5. The molecule has 0 spiro atoms. The zero-order valence-electron chi connectivity index (χ0n) is 17.4. The zero-order chi connectivity index (χ0) is 21.9. The van der Waals surface area contributed by atoms with Gasteiger partial charge in [-0.1, -0.05) is 12.1 Å². The number of anilines is 1. The van der Waals surface area contributed by atoms with Crippen molar-refractivity contribution in [2.75, 3.05) is 32.6 Å². The molecule has 30 heavy (non-hydrogen) atoms. The van der Waals surface area contributed by atoms with Crippen molar-refractivity contribution >= 4 is 23.4 Å². The van der Waals surface area contributed by atoms with E-state index in [1.807, 2.05) is 18.2 Å². The topological polar surface area (TPSA) is 106 Å². The van der Waals surface area contributed by atoms with Gasteiger partial charge in [0.25, 0.3) is 5.91 Å². The van der Waals surface area contributed by atoms with Crippen LogP contribution in [0.3, 0.4) is 0 Å². The fourth-order valence-corrected chi connectivity index (χ4v) is 2.80. The van der Waals surface area contributed by atoms with Gasteiger partial charge in [-0.05, 0) is 42.3 Å². The Bertz CT molecular complexity index is 898. The minimum Gasteiger partial charge on any atom is -0.493 e. The van der Waals surface area contributed by atoms with Crippen molar-refractivity contribution in [1.29, 1.82) is 0 Å². The minimum absolute atomic E-state index is 0.105. The van der Waals surface area contributed by atoms with Crippen molar-refractivity contribution in [1.82, 2.24) is 10.6 Å². The minimum atomic E-state index is -0.276. The van der Waals surface area contributed by atoms with Crippen LogP contribution in [0.2, 0.25) is 0 Å². The highest BCUT2D eigenvalue weighted by Gasteiger charge is 2.08. The molecule has 3 N–H and O–H groups in total. The predicted octanol–water partition coefficient (Wildman–Crippen LogP) is 2.14. The number of benzene rings is 2. The van der Waals surface area contributed by atoms with Crippen molar-refractivity contribution in [3.8, 4) is 11.5 Å². The van der Waals surface area contributed by atoms with E-state index < -0.39 is 0 Å². The number of ether oxygens (including phenoxy) is 2. The van der Waals surface area contributed by atoms with E-state index in [2.05, 4.69) is 16.0 Å². The second kappa shape index (κ2) is 11.5. The Labute approximate surface area is 175 Å². The van der Waals surface area contributed by atoms with Gasteiger partial charge in [-0.15, -0.1) is 0 Å². The van der Waals surface area contributed by atoms with Crippen molar-refractivity contribution in [2.24, 2.45) is 0 Å². The molecule has 0 aliphatic rings. The van der Waals surface area contributed by atoms with Crippen LogP contribution in [-0.4, -0.2) is 45.0 Å². The Balaban J connectivity index is 1.72. The van der Waals surface area contributed by atoms with Gasteiger partial charge < -0.3 is 25.4 Å². The first kappa shape index (κ1) is 22.7. The standard InChI is InChI=1S/C22H27N3O5/c1-15(26)25-18-6-4-5-17(14-18)22(28)24-12-11-23-21(27)10-8-16-7-9-19(29-2)20(13-16)30-3/h4-7,9,13-14H,8,10-12H2,1-3H3,(H,23,27)(H,24,28)(H,25,26). The number of aryl methyl sites for hydroxylation is 1. The first-order chi connectivity index (χ1) is 14.4. The Morgan fingerprint density at radius 1 is 0.900 bits per heavy atom. The number of rotatable bonds is 10. The summed E-state index contributed by atoms with van der Waals surface area (Å²) in [5.41, 5.74) is 1.95. The Morgan fingerprint density at radius 2 is 1.63 bits per heavy atom. The quantitative estimate of drug-likeness (QED) is 0.518. The third-order valence-electron chi connectivity index (χ3n) is 4.27. The van der Waals surface area contributed by atoms with Gasteiger partial charge in [0.15, 0.2) is 11.5 Å². The van der Waals surface area contributed by atoms with Crippen LogP contribution in [0.1, 0.15) is 29.3 Å². The second-order valence-electron chi connectivity index (χ2n) is 6.56. The van der Waals surface area contributed by atoms with Crippen LogP contribution in [0.5, 0.6) is 11.5 Å². The molecule has 0 radical (unpaired) electrons. The first-order valence-electron chi connectivity index (χ1n) is 9.56. The molecule has 0 aliphatic carbocycles. The van der Waals surface area contributed by atoms with Gasteiger partial charge >= 0.3 is 0 Å². The van der Waals surface area contributed by atoms with Crippen LogP contribution in [0.4, 0.5) is 5.69 Å². The molecule has 3 amide bonds. The molecule has 0 aliphatic heterocycles. The van der Waals surface area contributed by atoms with E-state index in [9.17, 15) is 14.4 Å². The van der Waals surface area contributed by atoms with Gasteiger partial charge in [0.05, 0.1) is 14.2 Å². The highest BCUT2D eigenvalue weighted by molar-refractivity contribution is 5.96. The van der Waals surface area contributed by atoms with Gasteiger partial charge in [-0.25, -0.2) is 0 Å². The largest absolute Gasteiger partial charge is 0.493 e. The van der Waals surface area contributed by atoms with Gasteiger partial charge in [-0.3, -0.25) is 14.4 Å². The van der Waals surface area contributed by atoms with Crippen LogP contribution in [0, 0.1) is 0 Å². The Kier molecular flexibility index (Phi) is 8.68. The maximum Gasteiger partial charge on any atom is 0.251 e. The lowest BCUT2D eigenvalue weighted by atomic mass is 10.1. The average Bonchev–Trinajstić information content (AvgIpc) is 2.74. The summed E-state index contributed by atoms with van der Waals surface area (Å²) in [6.45, 7) is 2.02. The SMILES string of the molecule is COc1ccc(CCC(=O)NCCNC(=O)c2cccc(NC(C)=O)c2)cc1OC. The molecule has 2 aromatic rings. The average molecular weight is 413 g/mol. The summed E-state index contributed by atoms with van der Waals surface area (Å²) >= 11 is 0. The summed E-state index contributed by atoms with van der Waals surface area (Å²) in [6, 6.07) is 12.2. The zero-order valence-corrected chi connectivity index (χ0v) is 17.4. The van der Waals surface area contributed by atoms with Crippen molar-refractivity contribution in [2.45, 2.75) is 19.8 Å². The molecule has 0 fully saturated rings. The van der Waals surface area contributed by atoms with Crippen LogP contribution in [0.25, 0.3) is 0 Å². The van der Waals surface area contributed by atoms with E-state index in [4.69, 9.17) is 9.47 Å². The lowest BCUT2D eigenvalue weighted by molar-refractivity contribution is -0.121. The van der Waals surface area contributed by atoms with Gasteiger partial charge in [0, 0.05) is 37.7 Å². The van der Waals surface area contributed by atoms with Crippen LogP contribution in [-0.2, 0) is 16.0 Å². The van der Waals surface area contributed by atoms with Crippen LogP contribution < -0.4 is 25.4 Å². The molecule has 0 unspecified atom stereocenters. The molecule has 0 atom stereocenters. The van der Waals surface area contributed by atoms with Crippen LogP contribution in [0.15, 0.2) is 42.5 Å².